The van der Waals surface area contributed by atoms with Gasteiger partial charge >= 0.3 is 0 Å². The lowest BCUT2D eigenvalue weighted by atomic mass is 10.2. The zero-order valence-corrected chi connectivity index (χ0v) is 13.4. The predicted molar refractivity (Wildman–Crippen MR) is 87.5 cm³/mol. The zero-order chi connectivity index (χ0) is 16.3. The maximum absolute atomic E-state index is 13.0. The van der Waals surface area contributed by atoms with Crippen LogP contribution in [0.1, 0.15) is 11.3 Å². The van der Waals surface area contributed by atoms with Crippen LogP contribution in [0.4, 0.5) is 5.82 Å². The maximum Gasteiger partial charge on any atom is 0.265 e. The van der Waals surface area contributed by atoms with Crippen LogP contribution in [0.5, 0.6) is 0 Å². The number of nitrogens with zero attached hydrogens (tertiary/aromatic N) is 2. The fraction of sp³-hybridized carbons (Fsp3) is 0.118. The minimum Gasteiger partial charge on any atom is -0.467 e. The van der Waals surface area contributed by atoms with Gasteiger partial charge in [-0.1, -0.05) is 23.8 Å². The highest BCUT2D eigenvalue weighted by Gasteiger charge is 2.26. The average molecular weight is 328 g/mol. The van der Waals surface area contributed by atoms with Crippen molar-refractivity contribution in [2.24, 2.45) is 0 Å². The van der Waals surface area contributed by atoms with Crippen LogP contribution in [0.2, 0.25) is 0 Å². The molecule has 118 valence electrons. The van der Waals surface area contributed by atoms with E-state index in [1.807, 2.05) is 6.92 Å². The molecule has 6 heteroatoms. The van der Waals surface area contributed by atoms with E-state index >= 15 is 0 Å². The molecule has 2 aromatic heterocycles. The van der Waals surface area contributed by atoms with Gasteiger partial charge in [0.25, 0.3) is 10.0 Å². The lowest BCUT2D eigenvalue weighted by Crippen LogP contribution is -2.31. The van der Waals surface area contributed by atoms with Gasteiger partial charge in [0.05, 0.1) is 17.7 Å². The highest BCUT2D eigenvalue weighted by atomic mass is 32.2. The SMILES string of the molecule is Cc1ccc(S(=O)(=O)N(Cc2ccco2)c2ccccn2)cc1. The molecule has 0 fully saturated rings. The Hall–Kier alpha value is -2.60. The van der Waals surface area contributed by atoms with Crippen LogP contribution in [-0.4, -0.2) is 13.4 Å². The van der Waals surface area contributed by atoms with Gasteiger partial charge in [0.1, 0.15) is 11.6 Å². The predicted octanol–water partition coefficient (Wildman–Crippen LogP) is 3.38. The normalized spacial score (nSPS) is 11.3. The summed E-state index contributed by atoms with van der Waals surface area (Å²) >= 11 is 0. The number of anilines is 1. The second-order valence-electron chi connectivity index (χ2n) is 5.09. The molecule has 3 aromatic rings. The Morgan fingerprint density at radius 1 is 1.04 bits per heavy atom. The van der Waals surface area contributed by atoms with Crippen LogP contribution < -0.4 is 4.31 Å². The molecule has 0 radical (unpaired) electrons. The van der Waals surface area contributed by atoms with Gasteiger partial charge < -0.3 is 4.42 Å². The number of aromatic nitrogens is 1. The number of hydrogen-bond donors (Lipinski definition) is 0. The summed E-state index contributed by atoms with van der Waals surface area (Å²) in [4.78, 5) is 4.40. The Balaban J connectivity index is 2.05. The summed E-state index contributed by atoms with van der Waals surface area (Å²) in [5.74, 6) is 0.899. The van der Waals surface area contributed by atoms with E-state index in [9.17, 15) is 8.42 Å². The summed E-state index contributed by atoms with van der Waals surface area (Å²) in [7, 11) is -3.74. The lowest BCUT2D eigenvalue weighted by Gasteiger charge is -2.22. The average Bonchev–Trinajstić information content (AvgIpc) is 3.07. The fourth-order valence-electron chi connectivity index (χ4n) is 2.17. The minimum absolute atomic E-state index is 0.0836. The van der Waals surface area contributed by atoms with Gasteiger partial charge in [-0.25, -0.2) is 17.7 Å². The smallest absolute Gasteiger partial charge is 0.265 e. The summed E-state index contributed by atoms with van der Waals surface area (Å²) in [6.45, 7) is 2.00. The number of sulfonamides is 1. The number of rotatable bonds is 5. The van der Waals surface area contributed by atoms with E-state index in [0.29, 0.717) is 11.6 Å². The van der Waals surface area contributed by atoms with Crippen molar-refractivity contribution < 1.29 is 12.8 Å². The maximum atomic E-state index is 13.0. The third-order valence-electron chi connectivity index (χ3n) is 3.39. The van der Waals surface area contributed by atoms with Gasteiger partial charge in [-0.2, -0.15) is 0 Å². The fourth-order valence-corrected chi connectivity index (χ4v) is 3.56. The molecule has 5 nitrogen and oxygen atoms in total. The van der Waals surface area contributed by atoms with Crippen molar-refractivity contribution in [3.8, 4) is 0 Å². The van der Waals surface area contributed by atoms with Crippen molar-refractivity contribution >= 4 is 15.8 Å². The van der Waals surface area contributed by atoms with Crippen molar-refractivity contribution in [2.75, 3.05) is 4.31 Å². The quantitative estimate of drug-likeness (QED) is 0.720. The van der Waals surface area contributed by atoms with Crippen LogP contribution in [0.15, 0.2) is 76.4 Å². The van der Waals surface area contributed by atoms with Crippen molar-refractivity contribution in [1.29, 1.82) is 0 Å². The topological polar surface area (TPSA) is 63.4 Å². The van der Waals surface area contributed by atoms with Crippen LogP contribution in [-0.2, 0) is 16.6 Å². The molecule has 0 saturated carbocycles. The lowest BCUT2D eigenvalue weighted by molar-refractivity contribution is 0.508. The number of pyridine rings is 1. The number of benzene rings is 1. The molecule has 0 N–H and O–H groups in total. The van der Waals surface area contributed by atoms with Crippen molar-refractivity contribution in [1.82, 2.24) is 4.98 Å². The van der Waals surface area contributed by atoms with E-state index in [-0.39, 0.29) is 11.4 Å². The van der Waals surface area contributed by atoms with Crippen molar-refractivity contribution in [3.05, 3.63) is 78.4 Å². The first kappa shape index (κ1) is 15.3. The molecule has 0 saturated heterocycles. The van der Waals surface area contributed by atoms with Gasteiger partial charge in [-0.05, 0) is 43.3 Å². The van der Waals surface area contributed by atoms with Crippen molar-refractivity contribution in [2.45, 2.75) is 18.4 Å². The van der Waals surface area contributed by atoms with Gasteiger partial charge in [0.2, 0.25) is 0 Å². The molecule has 0 aliphatic carbocycles. The van der Waals surface area contributed by atoms with Crippen LogP contribution in [0.3, 0.4) is 0 Å². The second-order valence-corrected chi connectivity index (χ2v) is 6.95. The Morgan fingerprint density at radius 3 is 2.43 bits per heavy atom. The Morgan fingerprint density at radius 2 is 1.83 bits per heavy atom. The molecule has 0 bridgehead atoms. The van der Waals surface area contributed by atoms with E-state index in [2.05, 4.69) is 4.98 Å². The third kappa shape index (κ3) is 3.27. The molecule has 2 heterocycles. The highest BCUT2D eigenvalue weighted by molar-refractivity contribution is 7.92. The number of furan rings is 1. The zero-order valence-electron chi connectivity index (χ0n) is 12.6. The molecular weight excluding hydrogens is 312 g/mol. The van der Waals surface area contributed by atoms with Gasteiger partial charge in [0.15, 0.2) is 0 Å². The summed E-state index contributed by atoms with van der Waals surface area (Å²) in [5.41, 5.74) is 0.999. The van der Waals surface area contributed by atoms with Gasteiger partial charge in [-0.15, -0.1) is 0 Å². The molecule has 0 atom stereocenters. The van der Waals surface area contributed by atoms with E-state index in [0.717, 1.165) is 5.56 Å². The highest BCUT2D eigenvalue weighted by Crippen LogP contribution is 2.24. The first-order valence-electron chi connectivity index (χ1n) is 7.10. The molecular formula is C17H16N2O3S. The molecule has 0 unspecified atom stereocenters. The van der Waals surface area contributed by atoms with E-state index in [1.54, 1.807) is 60.8 Å². The molecule has 0 amide bonds. The molecule has 0 spiro atoms. The molecule has 23 heavy (non-hydrogen) atoms. The van der Waals surface area contributed by atoms with Gasteiger partial charge in [0, 0.05) is 6.20 Å². The molecule has 0 aliphatic rings. The first-order chi connectivity index (χ1) is 11.1. The number of hydrogen-bond acceptors (Lipinski definition) is 4. The van der Waals surface area contributed by atoms with E-state index < -0.39 is 10.0 Å². The van der Waals surface area contributed by atoms with Crippen molar-refractivity contribution in [3.63, 3.8) is 0 Å². The van der Waals surface area contributed by atoms with Crippen LogP contribution in [0, 0.1) is 6.92 Å². The van der Waals surface area contributed by atoms with Crippen LogP contribution >= 0.6 is 0 Å². The Bertz CT molecular complexity index is 858. The monoisotopic (exact) mass is 328 g/mol. The molecule has 3 rings (SSSR count). The summed E-state index contributed by atoms with van der Waals surface area (Å²) < 4.78 is 32.6. The largest absolute Gasteiger partial charge is 0.467 e. The Labute approximate surface area is 135 Å². The standard InChI is InChI=1S/C17H16N2O3S/c1-14-7-9-16(10-8-14)23(20,21)19(13-15-5-4-12-22-15)17-6-2-3-11-18-17/h2-12H,13H2,1H3. The van der Waals surface area contributed by atoms with Crippen LogP contribution in [0.25, 0.3) is 0 Å². The summed E-state index contributed by atoms with van der Waals surface area (Å²) in [6.07, 6.45) is 3.08. The summed E-state index contributed by atoms with van der Waals surface area (Å²) in [5, 5.41) is 0. The van der Waals surface area contributed by atoms with E-state index in [1.165, 1.54) is 10.6 Å². The van der Waals surface area contributed by atoms with E-state index in [4.69, 9.17) is 4.42 Å². The number of aryl methyl sites for hydroxylation is 1. The summed E-state index contributed by atoms with van der Waals surface area (Å²) in [6, 6.07) is 15.4. The Kier molecular flexibility index (Phi) is 4.16. The minimum atomic E-state index is -3.74. The first-order valence-corrected chi connectivity index (χ1v) is 8.54. The third-order valence-corrected chi connectivity index (χ3v) is 5.16. The second kappa shape index (κ2) is 6.26. The molecule has 0 aliphatic heterocycles. The van der Waals surface area contributed by atoms with Gasteiger partial charge in [-0.3, -0.25) is 0 Å². The molecule has 1 aromatic carbocycles.